The van der Waals surface area contributed by atoms with E-state index in [0.717, 1.165) is 30.5 Å². The van der Waals surface area contributed by atoms with Gasteiger partial charge in [-0.15, -0.1) is 0 Å². The number of carboxylic acids is 1. The first-order valence-corrected chi connectivity index (χ1v) is 10.9. The van der Waals surface area contributed by atoms with E-state index in [9.17, 15) is 18.7 Å². The molecular weight excluding hydrogens is 439 g/mol. The van der Waals surface area contributed by atoms with Crippen molar-refractivity contribution >= 4 is 30.6 Å². The van der Waals surface area contributed by atoms with Crippen LogP contribution in [0.25, 0.3) is 11.1 Å². The number of pyridine rings is 1. The van der Waals surface area contributed by atoms with E-state index in [2.05, 4.69) is 4.98 Å². The minimum atomic E-state index is -1.12. The van der Waals surface area contributed by atoms with Gasteiger partial charge in [0, 0.05) is 0 Å². The van der Waals surface area contributed by atoms with Crippen molar-refractivity contribution < 1.29 is 23.4 Å². The maximum absolute atomic E-state index is 14.8. The Morgan fingerprint density at radius 2 is 1.97 bits per heavy atom. The third kappa shape index (κ3) is 4.18. The molecular formula is C22H17AsF2NO3. The summed E-state index contributed by atoms with van der Waals surface area (Å²) in [5.41, 5.74) is 1.60. The summed E-state index contributed by atoms with van der Waals surface area (Å²) in [6, 6.07) is 10.6. The number of carbonyl (C=O) groups is 1. The molecule has 1 fully saturated rings. The number of carboxylic acid groups (broad SMARTS) is 1. The molecule has 0 atom stereocenters. The fourth-order valence-corrected chi connectivity index (χ4v) is 5.15. The Balaban J connectivity index is 1.68. The summed E-state index contributed by atoms with van der Waals surface area (Å²) >= 11 is -1.12. The molecule has 0 saturated heterocycles. The van der Waals surface area contributed by atoms with Gasteiger partial charge in [-0.05, 0) is 0 Å². The quantitative estimate of drug-likeness (QED) is 0.579. The van der Waals surface area contributed by atoms with Gasteiger partial charge in [0.05, 0.1) is 0 Å². The van der Waals surface area contributed by atoms with E-state index in [1.165, 1.54) is 7.11 Å². The van der Waals surface area contributed by atoms with Crippen LogP contribution in [-0.2, 0) is 0 Å². The molecule has 0 spiro atoms. The zero-order chi connectivity index (χ0) is 20.5. The summed E-state index contributed by atoms with van der Waals surface area (Å²) < 4.78 is 35.2. The molecule has 147 valence electrons. The van der Waals surface area contributed by atoms with Crippen LogP contribution in [0.2, 0.25) is 0 Å². The van der Waals surface area contributed by atoms with Crippen LogP contribution in [0.15, 0.2) is 48.7 Å². The number of benzene rings is 2. The number of rotatable bonds is 6. The fourth-order valence-electron chi connectivity index (χ4n) is 3.11. The zero-order valence-corrected chi connectivity index (χ0v) is 17.4. The average Bonchev–Trinajstić information content (AvgIpc) is 3.56. The summed E-state index contributed by atoms with van der Waals surface area (Å²) in [5, 5.41) is 9.53. The van der Waals surface area contributed by atoms with Crippen LogP contribution in [0.1, 0.15) is 34.7 Å². The standard InChI is InChI=1S/C22H17AsF2NO3/c1-29-15-4-2-3-13(7-15)16-9-20(25)18(10-19(16)24)23-21-17(22(27)28)8-14(11-26-21)12-5-6-12/h2-4,7-12H,5-6H2,1H3,(H,27,28). The summed E-state index contributed by atoms with van der Waals surface area (Å²) in [6.45, 7) is 0. The van der Waals surface area contributed by atoms with Crippen molar-refractivity contribution in [2.45, 2.75) is 18.8 Å². The molecule has 1 aliphatic rings. The molecule has 0 aliphatic heterocycles. The van der Waals surface area contributed by atoms with Crippen LogP contribution < -0.4 is 13.6 Å². The minimum absolute atomic E-state index is 0.0751. The van der Waals surface area contributed by atoms with Gasteiger partial charge >= 0.3 is 173 Å². The molecule has 1 N–H and O–H groups in total. The number of aromatic nitrogens is 1. The van der Waals surface area contributed by atoms with Crippen LogP contribution in [0.5, 0.6) is 5.75 Å². The van der Waals surface area contributed by atoms with Gasteiger partial charge in [-0.3, -0.25) is 0 Å². The molecule has 7 heteroatoms. The Morgan fingerprint density at radius 1 is 1.17 bits per heavy atom. The molecule has 0 unspecified atom stereocenters. The van der Waals surface area contributed by atoms with Gasteiger partial charge in [0.1, 0.15) is 0 Å². The van der Waals surface area contributed by atoms with Crippen LogP contribution in [0, 0.1) is 11.6 Å². The van der Waals surface area contributed by atoms with E-state index in [-0.39, 0.29) is 15.5 Å². The molecule has 1 heterocycles. The molecule has 1 aromatic heterocycles. The van der Waals surface area contributed by atoms with Gasteiger partial charge in [-0.1, -0.05) is 0 Å². The van der Waals surface area contributed by atoms with E-state index >= 15 is 0 Å². The fraction of sp³-hybridized carbons (Fsp3) is 0.182. The molecule has 1 aliphatic carbocycles. The Bertz CT molecular complexity index is 1100. The van der Waals surface area contributed by atoms with E-state index in [1.54, 1.807) is 36.5 Å². The molecule has 0 bridgehead atoms. The van der Waals surface area contributed by atoms with Crippen molar-refractivity contribution in [2.75, 3.05) is 7.11 Å². The first-order valence-electron chi connectivity index (χ1n) is 9.04. The van der Waals surface area contributed by atoms with Crippen molar-refractivity contribution in [2.24, 2.45) is 0 Å². The Hall–Kier alpha value is -2.72. The van der Waals surface area contributed by atoms with E-state index in [1.807, 2.05) is 0 Å². The average molecular weight is 456 g/mol. The van der Waals surface area contributed by atoms with Crippen molar-refractivity contribution in [3.05, 3.63) is 71.4 Å². The SMILES string of the molecule is COc1cccc(-c2cc(F)c([As]c3ncc(C4CC4)cc3C(=O)O)cc2F)c1. The number of aromatic carboxylic acids is 1. The summed E-state index contributed by atoms with van der Waals surface area (Å²) in [5.74, 6) is -1.34. The molecule has 4 nitrogen and oxygen atoms in total. The van der Waals surface area contributed by atoms with Crippen LogP contribution >= 0.6 is 0 Å². The Kier molecular flexibility index (Phi) is 5.37. The molecule has 29 heavy (non-hydrogen) atoms. The summed E-state index contributed by atoms with van der Waals surface area (Å²) in [6.07, 6.45) is 3.71. The van der Waals surface area contributed by atoms with Gasteiger partial charge in [0.2, 0.25) is 0 Å². The zero-order valence-electron chi connectivity index (χ0n) is 15.5. The third-order valence-corrected chi connectivity index (χ3v) is 7.23. The van der Waals surface area contributed by atoms with Crippen LogP contribution in [0.3, 0.4) is 0 Å². The molecule has 0 amide bonds. The third-order valence-electron chi connectivity index (χ3n) is 4.81. The first kappa shape index (κ1) is 19.6. The van der Waals surface area contributed by atoms with Crippen molar-refractivity contribution in [3.8, 4) is 16.9 Å². The second kappa shape index (κ2) is 7.96. The monoisotopic (exact) mass is 456 g/mol. The molecule has 2 aromatic carbocycles. The van der Waals surface area contributed by atoms with Crippen molar-refractivity contribution in [3.63, 3.8) is 0 Å². The second-order valence-corrected chi connectivity index (χ2v) is 9.22. The van der Waals surface area contributed by atoms with Crippen molar-refractivity contribution in [1.29, 1.82) is 0 Å². The summed E-state index contributed by atoms with van der Waals surface area (Å²) in [4.78, 5) is 15.9. The van der Waals surface area contributed by atoms with Crippen LogP contribution in [0.4, 0.5) is 8.78 Å². The summed E-state index contributed by atoms with van der Waals surface area (Å²) in [7, 11) is 1.50. The van der Waals surface area contributed by atoms with Crippen LogP contribution in [-0.4, -0.2) is 38.9 Å². The second-order valence-electron chi connectivity index (χ2n) is 6.85. The Labute approximate surface area is 173 Å². The number of hydrogen-bond acceptors (Lipinski definition) is 3. The molecule has 4 rings (SSSR count). The maximum atomic E-state index is 14.8. The van der Waals surface area contributed by atoms with Gasteiger partial charge in [-0.2, -0.15) is 0 Å². The topological polar surface area (TPSA) is 59.4 Å². The first-order chi connectivity index (χ1) is 14.0. The molecule has 1 saturated carbocycles. The molecule has 3 aromatic rings. The number of nitrogens with zero attached hydrogens (tertiary/aromatic N) is 1. The number of hydrogen-bond donors (Lipinski definition) is 1. The normalized spacial score (nSPS) is 13.8. The van der Waals surface area contributed by atoms with Gasteiger partial charge in [0.15, 0.2) is 0 Å². The number of methoxy groups -OCH3 is 1. The molecule has 1 radical (unpaired) electrons. The van der Waals surface area contributed by atoms with Gasteiger partial charge in [0.25, 0.3) is 0 Å². The van der Waals surface area contributed by atoms with Crippen molar-refractivity contribution in [1.82, 2.24) is 4.98 Å². The van der Waals surface area contributed by atoms with Gasteiger partial charge < -0.3 is 0 Å². The number of ether oxygens (including phenoxy) is 1. The predicted molar refractivity (Wildman–Crippen MR) is 107 cm³/mol. The van der Waals surface area contributed by atoms with E-state index in [0.29, 0.717) is 21.7 Å². The van der Waals surface area contributed by atoms with E-state index < -0.39 is 33.4 Å². The Morgan fingerprint density at radius 3 is 2.66 bits per heavy atom. The van der Waals surface area contributed by atoms with Gasteiger partial charge in [-0.25, -0.2) is 0 Å². The van der Waals surface area contributed by atoms with E-state index in [4.69, 9.17) is 4.74 Å². The predicted octanol–water partition coefficient (Wildman–Crippen LogP) is 3.27. The number of halogens is 2.